The van der Waals surface area contributed by atoms with Crippen LogP contribution in [0.5, 0.6) is 5.75 Å². The minimum atomic E-state index is 0.0141. The Bertz CT molecular complexity index is 637. The Morgan fingerprint density at radius 1 is 1.05 bits per heavy atom. The third kappa shape index (κ3) is 2.30. The third-order valence-corrected chi connectivity index (χ3v) is 4.08. The maximum absolute atomic E-state index is 5.79. The van der Waals surface area contributed by atoms with Gasteiger partial charge in [0.05, 0.1) is 12.6 Å². The van der Waals surface area contributed by atoms with Gasteiger partial charge in [0.1, 0.15) is 5.75 Å². The van der Waals surface area contributed by atoms with Gasteiger partial charge in [-0.1, -0.05) is 30.3 Å². The summed E-state index contributed by atoms with van der Waals surface area (Å²) in [5, 5.41) is 0. The van der Waals surface area contributed by atoms with Gasteiger partial charge in [-0.2, -0.15) is 0 Å². The Kier molecular flexibility index (Phi) is 3.47. The molecule has 2 aromatic rings. The molecule has 0 amide bonds. The SMILES string of the molecule is Cc1ccc(C(NN)c2ccc3c(c2)CCO3)cc1C. The number of hydrazine groups is 1. The van der Waals surface area contributed by atoms with E-state index in [1.165, 1.54) is 27.8 Å². The average Bonchev–Trinajstić information content (AvgIpc) is 2.91. The van der Waals surface area contributed by atoms with Crippen molar-refractivity contribution < 1.29 is 4.74 Å². The molecule has 1 unspecified atom stereocenters. The molecule has 3 rings (SSSR count). The minimum absolute atomic E-state index is 0.0141. The van der Waals surface area contributed by atoms with Crippen molar-refractivity contribution in [2.75, 3.05) is 6.61 Å². The highest BCUT2D eigenvalue weighted by molar-refractivity contribution is 5.44. The van der Waals surface area contributed by atoms with Gasteiger partial charge in [-0.25, -0.2) is 5.43 Å². The molecule has 2 aromatic carbocycles. The lowest BCUT2D eigenvalue weighted by Crippen LogP contribution is -2.29. The number of aryl methyl sites for hydroxylation is 2. The molecule has 104 valence electrons. The molecule has 0 saturated carbocycles. The summed E-state index contributed by atoms with van der Waals surface area (Å²) in [7, 11) is 0. The van der Waals surface area contributed by atoms with Crippen LogP contribution < -0.4 is 16.0 Å². The minimum Gasteiger partial charge on any atom is -0.493 e. The predicted octanol–water partition coefficient (Wildman–Crippen LogP) is 2.79. The summed E-state index contributed by atoms with van der Waals surface area (Å²) in [6.45, 7) is 5.03. The fourth-order valence-corrected chi connectivity index (χ4v) is 2.72. The number of fused-ring (bicyclic) bond motifs is 1. The second-order valence-electron chi connectivity index (χ2n) is 5.41. The van der Waals surface area contributed by atoms with E-state index in [0.717, 1.165) is 18.8 Å². The van der Waals surface area contributed by atoms with Gasteiger partial charge in [0.2, 0.25) is 0 Å². The van der Waals surface area contributed by atoms with Crippen molar-refractivity contribution in [1.29, 1.82) is 0 Å². The van der Waals surface area contributed by atoms with Crippen molar-refractivity contribution in [3.05, 3.63) is 64.2 Å². The van der Waals surface area contributed by atoms with E-state index in [0.29, 0.717) is 0 Å². The molecular weight excluding hydrogens is 248 g/mol. The van der Waals surface area contributed by atoms with E-state index in [2.05, 4.69) is 49.6 Å². The van der Waals surface area contributed by atoms with Gasteiger partial charge in [0, 0.05) is 6.42 Å². The third-order valence-electron chi connectivity index (χ3n) is 4.08. The van der Waals surface area contributed by atoms with Gasteiger partial charge in [0.25, 0.3) is 0 Å². The Balaban J connectivity index is 1.98. The number of benzene rings is 2. The first kappa shape index (κ1) is 13.2. The van der Waals surface area contributed by atoms with E-state index in [9.17, 15) is 0 Å². The lowest BCUT2D eigenvalue weighted by atomic mass is 9.94. The Hall–Kier alpha value is -1.84. The van der Waals surface area contributed by atoms with Gasteiger partial charge in [-0.3, -0.25) is 5.84 Å². The molecule has 3 heteroatoms. The van der Waals surface area contributed by atoms with E-state index >= 15 is 0 Å². The first-order chi connectivity index (χ1) is 9.69. The highest BCUT2D eigenvalue weighted by atomic mass is 16.5. The summed E-state index contributed by atoms with van der Waals surface area (Å²) in [5.41, 5.74) is 9.15. The summed E-state index contributed by atoms with van der Waals surface area (Å²) in [5.74, 6) is 6.79. The summed E-state index contributed by atoms with van der Waals surface area (Å²) in [6.07, 6.45) is 0.980. The van der Waals surface area contributed by atoms with Crippen LogP contribution in [0.25, 0.3) is 0 Å². The van der Waals surface area contributed by atoms with E-state index in [1.54, 1.807) is 0 Å². The van der Waals surface area contributed by atoms with Crippen molar-refractivity contribution in [3.63, 3.8) is 0 Å². The molecule has 1 heterocycles. The van der Waals surface area contributed by atoms with Crippen LogP contribution in [0.15, 0.2) is 36.4 Å². The first-order valence-corrected chi connectivity index (χ1v) is 6.98. The zero-order chi connectivity index (χ0) is 14.1. The summed E-state index contributed by atoms with van der Waals surface area (Å²) in [4.78, 5) is 0. The van der Waals surface area contributed by atoms with Gasteiger partial charge in [-0.05, 0) is 47.7 Å². The van der Waals surface area contributed by atoms with Crippen molar-refractivity contribution in [1.82, 2.24) is 5.43 Å². The Labute approximate surface area is 119 Å². The summed E-state index contributed by atoms with van der Waals surface area (Å²) < 4.78 is 5.56. The Morgan fingerprint density at radius 3 is 2.55 bits per heavy atom. The van der Waals surface area contributed by atoms with E-state index < -0.39 is 0 Å². The molecule has 1 atom stereocenters. The molecular formula is C17H20N2O. The molecule has 0 spiro atoms. The number of ether oxygens (including phenoxy) is 1. The first-order valence-electron chi connectivity index (χ1n) is 6.98. The average molecular weight is 268 g/mol. The van der Waals surface area contributed by atoms with E-state index in [1.807, 2.05) is 6.07 Å². The number of hydrogen-bond donors (Lipinski definition) is 2. The summed E-state index contributed by atoms with van der Waals surface area (Å²) >= 11 is 0. The van der Waals surface area contributed by atoms with E-state index in [4.69, 9.17) is 10.6 Å². The van der Waals surface area contributed by atoms with Gasteiger partial charge in [0.15, 0.2) is 0 Å². The van der Waals surface area contributed by atoms with Crippen LogP contribution in [0.1, 0.15) is 33.9 Å². The zero-order valence-corrected chi connectivity index (χ0v) is 11.9. The van der Waals surface area contributed by atoms with Crippen molar-refractivity contribution in [2.24, 2.45) is 5.84 Å². The largest absolute Gasteiger partial charge is 0.493 e. The highest BCUT2D eigenvalue weighted by Gasteiger charge is 2.17. The second-order valence-corrected chi connectivity index (χ2v) is 5.41. The van der Waals surface area contributed by atoms with Crippen molar-refractivity contribution in [2.45, 2.75) is 26.3 Å². The monoisotopic (exact) mass is 268 g/mol. The number of rotatable bonds is 3. The molecule has 20 heavy (non-hydrogen) atoms. The lowest BCUT2D eigenvalue weighted by molar-refractivity contribution is 0.357. The molecule has 0 aromatic heterocycles. The molecule has 3 N–H and O–H groups in total. The lowest BCUT2D eigenvalue weighted by Gasteiger charge is -2.19. The molecule has 0 bridgehead atoms. The molecule has 0 saturated heterocycles. The highest BCUT2D eigenvalue weighted by Crippen LogP contribution is 2.30. The maximum Gasteiger partial charge on any atom is 0.122 e. The Morgan fingerprint density at radius 2 is 1.80 bits per heavy atom. The molecule has 1 aliphatic rings. The van der Waals surface area contributed by atoms with E-state index in [-0.39, 0.29) is 6.04 Å². The molecule has 0 radical (unpaired) electrons. The van der Waals surface area contributed by atoms with Crippen molar-refractivity contribution >= 4 is 0 Å². The normalized spacial score (nSPS) is 14.8. The van der Waals surface area contributed by atoms with Crippen LogP contribution >= 0.6 is 0 Å². The zero-order valence-electron chi connectivity index (χ0n) is 11.9. The smallest absolute Gasteiger partial charge is 0.122 e. The van der Waals surface area contributed by atoms with Crippen LogP contribution in [0, 0.1) is 13.8 Å². The van der Waals surface area contributed by atoms with Crippen LogP contribution in [-0.4, -0.2) is 6.61 Å². The van der Waals surface area contributed by atoms with Crippen LogP contribution in [0.3, 0.4) is 0 Å². The topological polar surface area (TPSA) is 47.3 Å². The summed E-state index contributed by atoms with van der Waals surface area (Å²) in [6, 6.07) is 12.8. The van der Waals surface area contributed by atoms with Crippen molar-refractivity contribution in [3.8, 4) is 5.75 Å². The van der Waals surface area contributed by atoms with Gasteiger partial charge < -0.3 is 4.74 Å². The standard InChI is InChI=1S/C17H20N2O/c1-11-3-4-14(9-12(11)2)17(19-18)15-5-6-16-13(10-15)7-8-20-16/h3-6,9-10,17,19H,7-8,18H2,1-2H3. The molecule has 0 aliphatic carbocycles. The molecule has 0 fully saturated rings. The fraction of sp³-hybridized carbons (Fsp3) is 0.294. The van der Waals surface area contributed by atoms with Gasteiger partial charge >= 0.3 is 0 Å². The predicted molar refractivity (Wildman–Crippen MR) is 80.7 cm³/mol. The fourth-order valence-electron chi connectivity index (χ4n) is 2.72. The van der Waals surface area contributed by atoms with Crippen LogP contribution in [0.4, 0.5) is 0 Å². The molecule has 3 nitrogen and oxygen atoms in total. The molecule has 1 aliphatic heterocycles. The number of nitrogens with two attached hydrogens (primary N) is 1. The van der Waals surface area contributed by atoms with Gasteiger partial charge in [-0.15, -0.1) is 0 Å². The quantitative estimate of drug-likeness (QED) is 0.664. The van der Waals surface area contributed by atoms with Crippen LogP contribution in [0.2, 0.25) is 0 Å². The number of hydrogen-bond acceptors (Lipinski definition) is 3. The maximum atomic E-state index is 5.79. The number of nitrogens with one attached hydrogen (secondary N) is 1. The van der Waals surface area contributed by atoms with Crippen LogP contribution in [-0.2, 0) is 6.42 Å². The second kappa shape index (κ2) is 5.27.